The number of carbonyl (C=O) groups is 1. The van der Waals surface area contributed by atoms with Crippen LogP contribution in [0.4, 0.5) is 0 Å². The second-order valence-corrected chi connectivity index (χ2v) is 6.06. The van der Waals surface area contributed by atoms with E-state index in [0.29, 0.717) is 31.1 Å². The van der Waals surface area contributed by atoms with Crippen LogP contribution in [0.3, 0.4) is 0 Å². The van der Waals surface area contributed by atoms with Crippen LogP contribution in [-0.4, -0.2) is 49.8 Å². The lowest BCUT2D eigenvalue weighted by Gasteiger charge is -2.21. The van der Waals surface area contributed by atoms with Crippen molar-refractivity contribution in [2.24, 2.45) is 0 Å². The van der Waals surface area contributed by atoms with Crippen LogP contribution in [0.2, 0.25) is 0 Å². The molecule has 1 atom stereocenters. The monoisotopic (exact) mass is 324 g/mol. The zero-order valence-electron chi connectivity index (χ0n) is 12.1. The van der Waals surface area contributed by atoms with E-state index < -0.39 is 11.6 Å². The number of hydrogen-bond donors (Lipinski definition) is 1. The minimum absolute atomic E-state index is 0.231. The van der Waals surface area contributed by atoms with E-state index in [0.717, 1.165) is 11.3 Å². The number of ether oxygens (including phenoxy) is 2. The van der Waals surface area contributed by atoms with Crippen LogP contribution in [0.5, 0.6) is 5.88 Å². The Hall–Kier alpha value is -2.00. The summed E-state index contributed by atoms with van der Waals surface area (Å²) in [7, 11) is 1.57. The van der Waals surface area contributed by atoms with Crippen molar-refractivity contribution in [3.8, 4) is 5.88 Å². The lowest BCUT2D eigenvalue weighted by molar-refractivity contribution is -0.160. The highest BCUT2D eigenvalue weighted by Gasteiger charge is 2.43. The molecule has 1 saturated heterocycles. The van der Waals surface area contributed by atoms with Crippen LogP contribution >= 0.6 is 11.5 Å². The van der Waals surface area contributed by atoms with Gasteiger partial charge in [0, 0.05) is 25.3 Å². The second-order valence-electron chi connectivity index (χ2n) is 5.17. The van der Waals surface area contributed by atoms with E-state index in [1.807, 2.05) is 6.07 Å². The number of methoxy groups -OCH3 is 1. The van der Waals surface area contributed by atoms with E-state index in [1.165, 1.54) is 11.5 Å². The Morgan fingerprint density at radius 1 is 1.64 bits per heavy atom. The first-order valence-electron chi connectivity index (χ1n) is 6.87. The number of aromatic nitrogens is 4. The van der Waals surface area contributed by atoms with Crippen LogP contribution in [0.15, 0.2) is 12.3 Å². The highest BCUT2D eigenvalue weighted by molar-refractivity contribution is 7.05. The van der Waals surface area contributed by atoms with Crippen molar-refractivity contribution in [2.75, 3.05) is 13.7 Å². The molecule has 1 fully saturated rings. The molecule has 0 aliphatic carbocycles. The Morgan fingerprint density at radius 3 is 3.14 bits per heavy atom. The SMILES string of the molecule is COc1cc(Cn2cc(CC3(C(=O)O)CCCO3)nn2)sn1. The van der Waals surface area contributed by atoms with Crippen LogP contribution < -0.4 is 4.74 Å². The van der Waals surface area contributed by atoms with Gasteiger partial charge in [0.1, 0.15) is 0 Å². The molecule has 1 aliphatic rings. The molecule has 1 N–H and O–H groups in total. The van der Waals surface area contributed by atoms with Gasteiger partial charge in [0.25, 0.3) is 0 Å². The minimum Gasteiger partial charge on any atom is -0.480 e. The van der Waals surface area contributed by atoms with Crippen molar-refractivity contribution in [3.05, 3.63) is 22.8 Å². The van der Waals surface area contributed by atoms with Gasteiger partial charge in [-0.3, -0.25) is 0 Å². The molecule has 0 amide bonds. The van der Waals surface area contributed by atoms with Crippen molar-refractivity contribution in [3.63, 3.8) is 0 Å². The lowest BCUT2D eigenvalue weighted by Crippen LogP contribution is -2.40. The van der Waals surface area contributed by atoms with Gasteiger partial charge in [0.2, 0.25) is 5.88 Å². The first kappa shape index (κ1) is 14.9. The van der Waals surface area contributed by atoms with Gasteiger partial charge in [-0.05, 0) is 24.4 Å². The van der Waals surface area contributed by atoms with Crippen LogP contribution in [0.1, 0.15) is 23.4 Å². The number of nitrogens with zero attached hydrogens (tertiary/aromatic N) is 4. The van der Waals surface area contributed by atoms with Gasteiger partial charge < -0.3 is 14.6 Å². The molecule has 0 aromatic carbocycles. The van der Waals surface area contributed by atoms with E-state index in [9.17, 15) is 9.90 Å². The lowest BCUT2D eigenvalue weighted by atomic mass is 9.95. The Morgan fingerprint density at radius 2 is 2.50 bits per heavy atom. The fourth-order valence-electron chi connectivity index (χ4n) is 2.49. The standard InChI is InChI=1S/C13H16N4O4S/c1-20-11-5-10(22-15-11)8-17-7-9(14-16-17)6-13(12(18)19)3-2-4-21-13/h5,7H,2-4,6,8H2,1H3,(H,18,19). The molecule has 2 aromatic rings. The maximum absolute atomic E-state index is 11.5. The topological polar surface area (TPSA) is 99.4 Å². The maximum atomic E-state index is 11.5. The quantitative estimate of drug-likeness (QED) is 0.845. The Kier molecular flexibility index (Phi) is 4.08. The highest BCUT2D eigenvalue weighted by atomic mass is 32.1. The third-order valence-corrected chi connectivity index (χ3v) is 4.36. The number of aliphatic carboxylic acids is 1. The largest absolute Gasteiger partial charge is 0.480 e. The zero-order valence-corrected chi connectivity index (χ0v) is 12.9. The first-order valence-corrected chi connectivity index (χ1v) is 7.64. The summed E-state index contributed by atoms with van der Waals surface area (Å²) < 4.78 is 16.3. The van der Waals surface area contributed by atoms with Gasteiger partial charge in [0.15, 0.2) is 5.60 Å². The summed E-state index contributed by atoms with van der Waals surface area (Å²) in [6.07, 6.45) is 3.23. The minimum atomic E-state index is -1.16. The average molecular weight is 324 g/mol. The summed E-state index contributed by atoms with van der Waals surface area (Å²) in [6.45, 7) is 0.996. The average Bonchev–Trinajstić information content (AvgIpc) is 3.21. The molecule has 3 rings (SSSR count). The van der Waals surface area contributed by atoms with Crippen molar-refractivity contribution in [1.29, 1.82) is 0 Å². The fourth-order valence-corrected chi connectivity index (χ4v) is 3.17. The molecule has 1 aliphatic heterocycles. The van der Waals surface area contributed by atoms with Crippen molar-refractivity contribution < 1.29 is 19.4 Å². The van der Waals surface area contributed by atoms with E-state index in [2.05, 4.69) is 14.7 Å². The Bertz CT molecular complexity index is 663. The van der Waals surface area contributed by atoms with Crippen molar-refractivity contribution in [2.45, 2.75) is 31.4 Å². The summed E-state index contributed by atoms with van der Waals surface area (Å²) in [5, 5.41) is 17.5. The van der Waals surface area contributed by atoms with Crippen LogP contribution in [0.25, 0.3) is 0 Å². The van der Waals surface area contributed by atoms with Gasteiger partial charge in [-0.2, -0.15) is 4.37 Å². The molecule has 1 unspecified atom stereocenters. The summed E-state index contributed by atoms with van der Waals surface area (Å²) >= 11 is 1.33. The Labute approximate surface area is 130 Å². The summed E-state index contributed by atoms with van der Waals surface area (Å²) in [5.41, 5.74) is -0.546. The van der Waals surface area contributed by atoms with E-state index in [-0.39, 0.29) is 6.42 Å². The Balaban J connectivity index is 1.69. The third-order valence-electron chi connectivity index (χ3n) is 3.61. The molecule has 118 valence electrons. The summed E-state index contributed by atoms with van der Waals surface area (Å²) in [6, 6.07) is 1.84. The molecule has 0 radical (unpaired) electrons. The normalized spacial score (nSPS) is 21.1. The molecular formula is C13H16N4O4S. The van der Waals surface area contributed by atoms with Crippen molar-refractivity contribution in [1.82, 2.24) is 19.4 Å². The molecule has 9 heteroatoms. The van der Waals surface area contributed by atoms with E-state index in [1.54, 1.807) is 18.0 Å². The molecule has 22 heavy (non-hydrogen) atoms. The second kappa shape index (κ2) is 6.01. The third kappa shape index (κ3) is 2.95. The number of carboxylic acids is 1. The summed E-state index contributed by atoms with van der Waals surface area (Å²) in [4.78, 5) is 12.4. The molecule has 0 spiro atoms. The smallest absolute Gasteiger partial charge is 0.336 e. The van der Waals surface area contributed by atoms with Crippen molar-refractivity contribution >= 4 is 17.5 Å². The van der Waals surface area contributed by atoms with Crippen LogP contribution in [0, 0.1) is 0 Å². The zero-order chi connectivity index (χ0) is 15.6. The fraction of sp³-hybridized carbons (Fsp3) is 0.538. The van der Waals surface area contributed by atoms with Crippen LogP contribution in [-0.2, 0) is 22.5 Å². The maximum Gasteiger partial charge on any atom is 0.336 e. The number of rotatable bonds is 6. The van der Waals surface area contributed by atoms with Gasteiger partial charge >= 0.3 is 5.97 Å². The highest BCUT2D eigenvalue weighted by Crippen LogP contribution is 2.29. The molecule has 8 nitrogen and oxygen atoms in total. The molecular weight excluding hydrogens is 308 g/mol. The molecule has 0 saturated carbocycles. The summed E-state index contributed by atoms with van der Waals surface area (Å²) in [5.74, 6) is -0.365. The number of hydrogen-bond acceptors (Lipinski definition) is 7. The molecule has 3 heterocycles. The molecule has 0 bridgehead atoms. The van der Waals surface area contributed by atoms with Gasteiger partial charge in [-0.25, -0.2) is 9.48 Å². The predicted octanol–water partition coefficient (Wildman–Crippen LogP) is 0.968. The van der Waals surface area contributed by atoms with Gasteiger partial charge in [-0.1, -0.05) is 5.21 Å². The predicted molar refractivity (Wildman–Crippen MR) is 77.0 cm³/mol. The van der Waals surface area contributed by atoms with E-state index >= 15 is 0 Å². The van der Waals surface area contributed by atoms with E-state index in [4.69, 9.17) is 9.47 Å². The number of carboxylic acid groups (broad SMARTS) is 1. The van der Waals surface area contributed by atoms with Gasteiger partial charge in [0.05, 0.1) is 24.2 Å². The first-order chi connectivity index (χ1) is 10.6. The van der Waals surface area contributed by atoms with Gasteiger partial charge in [-0.15, -0.1) is 5.10 Å². The molecule has 2 aromatic heterocycles.